The second-order valence-electron chi connectivity index (χ2n) is 6.50. The van der Waals surface area contributed by atoms with Gasteiger partial charge in [-0.15, -0.1) is 0 Å². The molecular weight excluding hydrogens is 354 g/mol. The number of benzene rings is 1. The number of amides is 1. The van der Waals surface area contributed by atoms with Crippen LogP contribution in [0.1, 0.15) is 24.2 Å². The number of carbonyl (C=O) groups excluding carboxylic acids is 1. The fourth-order valence-electron chi connectivity index (χ4n) is 2.84. The monoisotopic (exact) mass is 373 g/mol. The van der Waals surface area contributed by atoms with Crippen molar-refractivity contribution >= 4 is 17.2 Å². The number of aromatic nitrogens is 4. The summed E-state index contributed by atoms with van der Waals surface area (Å²) in [5.74, 6) is 0.260. The largest absolute Gasteiger partial charge is 0.489 e. The molecule has 0 aliphatic heterocycles. The second-order valence-corrected chi connectivity index (χ2v) is 6.50. The standard InChI is InChI=1S/C21H19N5O2/c1-14(2)28-19-9-10-22-12-17(19)25-21(27)16-8-11-23-26-13-18(24-20(16)26)15-6-4-3-5-7-15/h3-14H,1-2H3,(H,25,27). The lowest BCUT2D eigenvalue weighted by Gasteiger charge is -2.14. The molecule has 0 unspecified atom stereocenters. The van der Waals surface area contributed by atoms with Crippen LogP contribution in [0, 0.1) is 0 Å². The zero-order valence-electron chi connectivity index (χ0n) is 15.5. The minimum atomic E-state index is -0.306. The van der Waals surface area contributed by atoms with Crippen LogP contribution in [0.2, 0.25) is 0 Å². The molecule has 0 saturated heterocycles. The molecule has 0 aliphatic carbocycles. The van der Waals surface area contributed by atoms with E-state index in [0.717, 1.165) is 11.3 Å². The second kappa shape index (κ2) is 7.48. The van der Waals surface area contributed by atoms with Gasteiger partial charge in [0.2, 0.25) is 0 Å². The van der Waals surface area contributed by atoms with Crippen LogP contribution in [-0.4, -0.2) is 31.6 Å². The summed E-state index contributed by atoms with van der Waals surface area (Å²) in [6, 6.07) is 13.1. The van der Waals surface area contributed by atoms with E-state index in [1.807, 2.05) is 44.2 Å². The van der Waals surface area contributed by atoms with Gasteiger partial charge in [-0.3, -0.25) is 9.78 Å². The smallest absolute Gasteiger partial charge is 0.259 e. The van der Waals surface area contributed by atoms with Crippen LogP contribution in [-0.2, 0) is 0 Å². The van der Waals surface area contributed by atoms with Gasteiger partial charge in [-0.25, -0.2) is 9.50 Å². The molecule has 1 aromatic carbocycles. The minimum absolute atomic E-state index is 0.0218. The molecule has 28 heavy (non-hydrogen) atoms. The van der Waals surface area contributed by atoms with E-state index in [-0.39, 0.29) is 12.0 Å². The van der Waals surface area contributed by atoms with Gasteiger partial charge in [-0.1, -0.05) is 30.3 Å². The van der Waals surface area contributed by atoms with Gasteiger partial charge in [0, 0.05) is 24.0 Å². The molecule has 0 saturated carbocycles. The number of imidazole rings is 1. The predicted octanol–water partition coefficient (Wildman–Crippen LogP) is 3.83. The van der Waals surface area contributed by atoms with E-state index in [4.69, 9.17) is 4.74 Å². The minimum Gasteiger partial charge on any atom is -0.489 e. The molecule has 1 amide bonds. The fourth-order valence-corrected chi connectivity index (χ4v) is 2.84. The number of nitrogens with one attached hydrogen (secondary N) is 1. The summed E-state index contributed by atoms with van der Waals surface area (Å²) in [5.41, 5.74) is 3.11. The van der Waals surface area contributed by atoms with Crippen molar-refractivity contribution < 1.29 is 9.53 Å². The van der Waals surface area contributed by atoms with Crippen LogP contribution in [0.25, 0.3) is 16.9 Å². The molecule has 7 nitrogen and oxygen atoms in total. The van der Waals surface area contributed by atoms with E-state index in [1.54, 1.807) is 41.4 Å². The van der Waals surface area contributed by atoms with E-state index < -0.39 is 0 Å². The summed E-state index contributed by atoms with van der Waals surface area (Å²) in [6.45, 7) is 3.85. The van der Waals surface area contributed by atoms with E-state index in [0.29, 0.717) is 22.6 Å². The van der Waals surface area contributed by atoms with E-state index in [1.165, 1.54) is 0 Å². The van der Waals surface area contributed by atoms with Crippen LogP contribution in [0.5, 0.6) is 5.75 Å². The van der Waals surface area contributed by atoms with Gasteiger partial charge < -0.3 is 10.1 Å². The normalized spacial score (nSPS) is 11.0. The summed E-state index contributed by atoms with van der Waals surface area (Å²) in [4.78, 5) is 21.6. The highest BCUT2D eigenvalue weighted by Crippen LogP contribution is 2.25. The third-order valence-corrected chi connectivity index (χ3v) is 4.07. The molecule has 0 bridgehead atoms. The summed E-state index contributed by atoms with van der Waals surface area (Å²) in [5, 5.41) is 7.14. The van der Waals surface area contributed by atoms with Gasteiger partial charge in [0.25, 0.3) is 5.91 Å². The van der Waals surface area contributed by atoms with Crippen molar-refractivity contribution in [1.29, 1.82) is 0 Å². The average Bonchev–Trinajstić information content (AvgIpc) is 3.14. The van der Waals surface area contributed by atoms with Crippen molar-refractivity contribution in [3.05, 3.63) is 72.8 Å². The summed E-state index contributed by atoms with van der Waals surface area (Å²) in [7, 11) is 0. The van der Waals surface area contributed by atoms with Crippen molar-refractivity contribution in [3.63, 3.8) is 0 Å². The van der Waals surface area contributed by atoms with E-state index >= 15 is 0 Å². The molecule has 140 valence electrons. The molecule has 0 fully saturated rings. The van der Waals surface area contributed by atoms with Gasteiger partial charge in [0.05, 0.1) is 29.8 Å². The first kappa shape index (κ1) is 17.7. The van der Waals surface area contributed by atoms with Crippen molar-refractivity contribution in [3.8, 4) is 17.0 Å². The van der Waals surface area contributed by atoms with Crippen molar-refractivity contribution in [2.75, 3.05) is 5.32 Å². The summed E-state index contributed by atoms with van der Waals surface area (Å²) < 4.78 is 7.35. The summed E-state index contributed by atoms with van der Waals surface area (Å²) >= 11 is 0. The first-order valence-electron chi connectivity index (χ1n) is 8.93. The number of carbonyl (C=O) groups is 1. The molecule has 3 aromatic heterocycles. The number of pyridine rings is 1. The quantitative estimate of drug-likeness (QED) is 0.575. The Morgan fingerprint density at radius 3 is 2.71 bits per heavy atom. The van der Waals surface area contributed by atoms with Crippen LogP contribution >= 0.6 is 0 Å². The number of ether oxygens (including phenoxy) is 1. The maximum Gasteiger partial charge on any atom is 0.259 e. The SMILES string of the molecule is CC(C)Oc1ccncc1NC(=O)c1ccnn2cc(-c3ccccc3)nc12. The lowest BCUT2D eigenvalue weighted by Crippen LogP contribution is -2.16. The Morgan fingerprint density at radius 2 is 1.93 bits per heavy atom. The Labute approximate surface area is 162 Å². The Balaban J connectivity index is 1.68. The Morgan fingerprint density at radius 1 is 1.11 bits per heavy atom. The average molecular weight is 373 g/mol. The van der Waals surface area contributed by atoms with Crippen LogP contribution in [0.15, 0.2) is 67.3 Å². The Kier molecular flexibility index (Phi) is 4.72. The third kappa shape index (κ3) is 3.55. The number of fused-ring (bicyclic) bond motifs is 1. The zero-order chi connectivity index (χ0) is 19.5. The molecule has 7 heteroatoms. The highest BCUT2D eigenvalue weighted by molar-refractivity contribution is 6.08. The number of nitrogens with zero attached hydrogens (tertiary/aromatic N) is 4. The molecule has 0 radical (unpaired) electrons. The molecule has 0 spiro atoms. The van der Waals surface area contributed by atoms with Crippen LogP contribution in [0.4, 0.5) is 5.69 Å². The first-order chi connectivity index (χ1) is 13.6. The zero-order valence-corrected chi connectivity index (χ0v) is 15.5. The first-order valence-corrected chi connectivity index (χ1v) is 8.93. The van der Waals surface area contributed by atoms with Crippen LogP contribution < -0.4 is 10.1 Å². The molecule has 0 atom stereocenters. The Hall–Kier alpha value is -3.74. The van der Waals surface area contributed by atoms with Crippen molar-refractivity contribution in [2.24, 2.45) is 0 Å². The van der Waals surface area contributed by atoms with Gasteiger partial charge in [0.15, 0.2) is 5.65 Å². The molecule has 4 rings (SSSR count). The van der Waals surface area contributed by atoms with Crippen molar-refractivity contribution in [2.45, 2.75) is 20.0 Å². The van der Waals surface area contributed by atoms with Gasteiger partial charge in [0.1, 0.15) is 11.4 Å². The number of hydrogen-bond donors (Lipinski definition) is 1. The molecule has 3 heterocycles. The molecular formula is C21H19N5O2. The third-order valence-electron chi connectivity index (χ3n) is 4.07. The van der Waals surface area contributed by atoms with E-state index in [2.05, 4.69) is 20.4 Å². The number of anilines is 1. The van der Waals surface area contributed by atoms with Crippen LogP contribution in [0.3, 0.4) is 0 Å². The molecule has 0 aliphatic rings. The number of hydrogen-bond acceptors (Lipinski definition) is 5. The highest BCUT2D eigenvalue weighted by Gasteiger charge is 2.17. The topological polar surface area (TPSA) is 81.4 Å². The molecule has 1 N–H and O–H groups in total. The van der Waals surface area contributed by atoms with Gasteiger partial charge in [-0.2, -0.15) is 5.10 Å². The lowest BCUT2D eigenvalue weighted by molar-refractivity contribution is 0.102. The number of rotatable bonds is 5. The lowest BCUT2D eigenvalue weighted by atomic mass is 10.2. The van der Waals surface area contributed by atoms with E-state index in [9.17, 15) is 4.79 Å². The van der Waals surface area contributed by atoms with Gasteiger partial charge >= 0.3 is 0 Å². The summed E-state index contributed by atoms with van der Waals surface area (Å²) in [6.07, 6.45) is 6.55. The maximum atomic E-state index is 12.9. The van der Waals surface area contributed by atoms with Gasteiger partial charge in [-0.05, 0) is 19.9 Å². The predicted molar refractivity (Wildman–Crippen MR) is 106 cm³/mol. The molecule has 4 aromatic rings. The fraction of sp³-hybridized carbons (Fsp3) is 0.143. The Bertz CT molecular complexity index is 1120. The highest BCUT2D eigenvalue weighted by atomic mass is 16.5. The maximum absolute atomic E-state index is 12.9. The van der Waals surface area contributed by atoms with Crippen molar-refractivity contribution in [1.82, 2.24) is 19.6 Å².